The first kappa shape index (κ1) is 22.5. The molecule has 2 aliphatic carbocycles. The number of rotatable bonds is 8. The fraction of sp³-hybridized carbons (Fsp3) is 0.586. The van der Waals surface area contributed by atoms with E-state index in [4.69, 9.17) is 0 Å². The monoisotopic (exact) mass is 424 g/mol. The lowest BCUT2D eigenvalue weighted by atomic mass is 9.63. The van der Waals surface area contributed by atoms with Crippen LogP contribution in [0, 0.1) is 29.4 Å². The van der Waals surface area contributed by atoms with Crippen molar-refractivity contribution in [2.24, 2.45) is 17.8 Å². The van der Waals surface area contributed by atoms with Crippen LogP contribution in [0.25, 0.3) is 11.1 Å². The van der Waals surface area contributed by atoms with Gasteiger partial charge in [0.2, 0.25) is 0 Å². The molecule has 4 unspecified atom stereocenters. The molecule has 0 aromatic heterocycles. The molecule has 168 valence electrons. The molecule has 0 heterocycles. The number of benzene rings is 2. The Bertz CT molecular complexity index is 805. The van der Waals surface area contributed by atoms with Crippen LogP contribution in [-0.4, -0.2) is 0 Å². The fourth-order valence-corrected chi connectivity index (χ4v) is 6.26. The van der Waals surface area contributed by atoms with E-state index in [1.165, 1.54) is 94.7 Å². The molecule has 0 amide bonds. The van der Waals surface area contributed by atoms with Gasteiger partial charge in [0.25, 0.3) is 0 Å². The van der Waals surface area contributed by atoms with E-state index in [9.17, 15) is 8.78 Å². The van der Waals surface area contributed by atoms with Gasteiger partial charge in [-0.15, -0.1) is 0 Å². The number of unbranched alkanes of at least 4 members (excludes halogenated alkanes) is 4. The van der Waals surface area contributed by atoms with Crippen LogP contribution in [0.2, 0.25) is 0 Å². The van der Waals surface area contributed by atoms with E-state index in [0.29, 0.717) is 11.5 Å². The molecule has 2 aliphatic rings. The van der Waals surface area contributed by atoms with Gasteiger partial charge in [-0.2, -0.15) is 0 Å². The third-order valence-corrected chi connectivity index (χ3v) is 8.02. The Morgan fingerprint density at radius 3 is 2.13 bits per heavy atom. The van der Waals surface area contributed by atoms with Crippen LogP contribution in [0.1, 0.15) is 95.5 Å². The lowest BCUT2D eigenvalue weighted by Crippen LogP contribution is -2.30. The highest BCUT2D eigenvalue weighted by molar-refractivity contribution is 5.63. The van der Waals surface area contributed by atoms with Gasteiger partial charge in [-0.05, 0) is 84.6 Å². The van der Waals surface area contributed by atoms with Gasteiger partial charge in [0.1, 0.15) is 11.6 Å². The minimum atomic E-state index is -0.519. The zero-order chi connectivity index (χ0) is 21.6. The molecule has 2 fully saturated rings. The molecule has 2 aromatic carbocycles. The molecule has 4 atom stereocenters. The van der Waals surface area contributed by atoms with Crippen LogP contribution in [0.15, 0.2) is 42.5 Å². The Kier molecular flexibility index (Phi) is 7.80. The second kappa shape index (κ2) is 10.7. The van der Waals surface area contributed by atoms with Crippen LogP contribution in [0.3, 0.4) is 0 Å². The van der Waals surface area contributed by atoms with Gasteiger partial charge in [0, 0.05) is 6.07 Å². The average molecular weight is 425 g/mol. The lowest BCUT2D eigenvalue weighted by Gasteiger charge is -2.42. The van der Waals surface area contributed by atoms with Crippen LogP contribution >= 0.6 is 0 Å². The standard InChI is InChI=1S/C29H38F2/c1-2-3-4-5-6-7-21-8-9-26-17-25(15-14-24(26)16-21)22-10-12-23(13-11-22)27-18-28(30)20-29(31)19-27/h10-13,18-21,24-26H,2-9,14-17H2,1H3. The fourth-order valence-electron chi connectivity index (χ4n) is 6.26. The smallest absolute Gasteiger partial charge is 0.126 e. The van der Waals surface area contributed by atoms with Crippen molar-refractivity contribution in [3.8, 4) is 11.1 Å². The van der Waals surface area contributed by atoms with E-state index in [-0.39, 0.29) is 0 Å². The van der Waals surface area contributed by atoms with Crippen molar-refractivity contribution in [3.63, 3.8) is 0 Å². The first-order valence-corrected chi connectivity index (χ1v) is 12.7. The second-order valence-electron chi connectivity index (χ2n) is 10.2. The largest absolute Gasteiger partial charge is 0.207 e. The summed E-state index contributed by atoms with van der Waals surface area (Å²) in [5.74, 6) is 2.42. The predicted molar refractivity (Wildman–Crippen MR) is 126 cm³/mol. The summed E-state index contributed by atoms with van der Waals surface area (Å²) in [5, 5.41) is 0. The molecule has 0 aliphatic heterocycles. The maximum atomic E-state index is 13.5. The SMILES string of the molecule is CCCCCCCC1CCC2CC(c3ccc(-c4cc(F)cc(F)c4)cc3)CCC2C1. The average Bonchev–Trinajstić information content (AvgIpc) is 2.78. The number of fused-ring (bicyclic) bond motifs is 1. The summed E-state index contributed by atoms with van der Waals surface area (Å²) in [6, 6.07) is 12.2. The third-order valence-electron chi connectivity index (χ3n) is 8.02. The van der Waals surface area contributed by atoms with Gasteiger partial charge in [-0.25, -0.2) is 8.78 Å². The van der Waals surface area contributed by atoms with Gasteiger partial charge in [-0.1, -0.05) is 76.1 Å². The summed E-state index contributed by atoms with van der Waals surface area (Å²) >= 11 is 0. The molecule has 0 N–H and O–H groups in total. The molecule has 0 spiro atoms. The van der Waals surface area contributed by atoms with Crippen LogP contribution < -0.4 is 0 Å². The van der Waals surface area contributed by atoms with Gasteiger partial charge >= 0.3 is 0 Å². The molecule has 0 saturated heterocycles. The van der Waals surface area contributed by atoms with E-state index in [2.05, 4.69) is 19.1 Å². The molecule has 31 heavy (non-hydrogen) atoms. The Morgan fingerprint density at radius 1 is 0.710 bits per heavy atom. The Hall–Kier alpha value is -1.70. The van der Waals surface area contributed by atoms with Gasteiger partial charge < -0.3 is 0 Å². The third kappa shape index (κ3) is 5.96. The van der Waals surface area contributed by atoms with E-state index >= 15 is 0 Å². The van der Waals surface area contributed by atoms with Crippen molar-refractivity contribution in [3.05, 3.63) is 59.7 Å². The van der Waals surface area contributed by atoms with Crippen molar-refractivity contribution in [2.75, 3.05) is 0 Å². The highest BCUT2D eigenvalue weighted by Gasteiger charge is 2.35. The second-order valence-corrected chi connectivity index (χ2v) is 10.2. The van der Waals surface area contributed by atoms with Crippen molar-refractivity contribution >= 4 is 0 Å². The van der Waals surface area contributed by atoms with Gasteiger partial charge in [0.15, 0.2) is 0 Å². The predicted octanol–water partition coefficient (Wildman–Crippen LogP) is 9.29. The molecule has 0 nitrogen and oxygen atoms in total. The molecular weight excluding hydrogens is 386 g/mol. The number of hydrogen-bond donors (Lipinski definition) is 0. The summed E-state index contributed by atoms with van der Waals surface area (Å²) in [4.78, 5) is 0. The van der Waals surface area contributed by atoms with E-state index in [0.717, 1.165) is 29.4 Å². The molecule has 2 heteroatoms. The van der Waals surface area contributed by atoms with Crippen molar-refractivity contribution in [1.29, 1.82) is 0 Å². The first-order valence-electron chi connectivity index (χ1n) is 12.7. The molecule has 2 saturated carbocycles. The maximum absolute atomic E-state index is 13.5. The Labute approximate surface area is 187 Å². The molecule has 2 aromatic rings. The quantitative estimate of drug-likeness (QED) is 0.370. The van der Waals surface area contributed by atoms with Gasteiger partial charge in [-0.3, -0.25) is 0 Å². The highest BCUT2D eigenvalue weighted by atomic mass is 19.1. The van der Waals surface area contributed by atoms with Crippen LogP contribution in [-0.2, 0) is 0 Å². The van der Waals surface area contributed by atoms with E-state index in [1.54, 1.807) is 0 Å². The first-order chi connectivity index (χ1) is 15.1. The zero-order valence-electron chi connectivity index (χ0n) is 19.1. The minimum absolute atomic E-state index is 0.519. The summed E-state index contributed by atoms with van der Waals surface area (Å²) < 4.78 is 27.1. The summed E-state index contributed by atoms with van der Waals surface area (Å²) in [7, 11) is 0. The highest BCUT2D eigenvalue weighted by Crippen LogP contribution is 2.48. The molecule has 0 radical (unpaired) electrons. The Balaban J connectivity index is 1.29. The Morgan fingerprint density at radius 2 is 1.39 bits per heavy atom. The van der Waals surface area contributed by atoms with E-state index in [1.807, 2.05) is 12.1 Å². The maximum Gasteiger partial charge on any atom is 0.126 e. The van der Waals surface area contributed by atoms with Crippen molar-refractivity contribution in [1.82, 2.24) is 0 Å². The molecular formula is C29H38F2. The summed E-state index contributed by atoms with van der Waals surface area (Å²) in [6.07, 6.45) is 16.8. The summed E-state index contributed by atoms with van der Waals surface area (Å²) in [6.45, 7) is 2.29. The van der Waals surface area contributed by atoms with Crippen LogP contribution in [0.5, 0.6) is 0 Å². The van der Waals surface area contributed by atoms with Crippen LogP contribution in [0.4, 0.5) is 8.78 Å². The summed E-state index contributed by atoms with van der Waals surface area (Å²) in [5.41, 5.74) is 2.90. The normalized spacial score (nSPS) is 25.9. The minimum Gasteiger partial charge on any atom is -0.207 e. The van der Waals surface area contributed by atoms with Gasteiger partial charge in [0.05, 0.1) is 0 Å². The lowest BCUT2D eigenvalue weighted by molar-refractivity contribution is 0.113. The van der Waals surface area contributed by atoms with Crippen molar-refractivity contribution < 1.29 is 8.78 Å². The molecule has 0 bridgehead atoms. The topological polar surface area (TPSA) is 0 Å². The molecule has 4 rings (SSSR count). The number of halogens is 2. The van der Waals surface area contributed by atoms with E-state index < -0.39 is 11.6 Å². The number of hydrogen-bond acceptors (Lipinski definition) is 0. The zero-order valence-corrected chi connectivity index (χ0v) is 19.1. The van der Waals surface area contributed by atoms with Crippen molar-refractivity contribution in [2.45, 2.75) is 89.9 Å².